The summed E-state index contributed by atoms with van der Waals surface area (Å²) >= 11 is 0. The van der Waals surface area contributed by atoms with E-state index in [1.807, 2.05) is 12.1 Å². The first-order valence-corrected chi connectivity index (χ1v) is 5.51. The number of Topliss-reactive ketones (excluding diaryl/α,β-unsaturated/α-hetero) is 2. The molecule has 0 N–H and O–H groups in total. The van der Waals surface area contributed by atoms with E-state index in [0.717, 1.165) is 0 Å². The van der Waals surface area contributed by atoms with Crippen LogP contribution in [0.2, 0.25) is 0 Å². The highest BCUT2D eigenvalue weighted by atomic mass is 19.2. The average molecular weight is 276 g/mol. The number of carbonyl (C=O) groups is 2. The number of halogens is 2. The van der Waals surface area contributed by atoms with Crippen molar-refractivity contribution in [1.82, 2.24) is 0 Å². The third kappa shape index (κ3) is 5.14. The fourth-order valence-electron chi connectivity index (χ4n) is 1.44. The Labute approximate surface area is 117 Å². The van der Waals surface area contributed by atoms with Gasteiger partial charge in [0.1, 0.15) is 0 Å². The Kier molecular flexibility index (Phi) is 8.51. The van der Waals surface area contributed by atoms with E-state index in [1.54, 1.807) is 48.5 Å². The number of hydrogen-bond donors (Lipinski definition) is 0. The van der Waals surface area contributed by atoms with Crippen molar-refractivity contribution in [2.45, 2.75) is 7.43 Å². The fourth-order valence-corrected chi connectivity index (χ4v) is 1.44. The number of carbonyl (C=O) groups excluding carboxylic acids is 2. The number of benzene rings is 2. The van der Waals surface area contributed by atoms with Gasteiger partial charge in [0.25, 0.3) is 0 Å². The zero-order valence-electron chi connectivity index (χ0n) is 10.1. The largest absolute Gasteiger partial charge is 0.521 e. The van der Waals surface area contributed by atoms with E-state index in [4.69, 9.17) is 0 Å². The zero-order chi connectivity index (χ0) is 14.1. The molecule has 2 rings (SSSR count). The van der Waals surface area contributed by atoms with E-state index < -0.39 is 19.4 Å². The molecule has 0 unspecified atom stereocenters. The summed E-state index contributed by atoms with van der Waals surface area (Å²) in [4.78, 5) is 23.6. The van der Waals surface area contributed by atoms with E-state index in [0.29, 0.717) is 11.1 Å². The van der Waals surface area contributed by atoms with Crippen LogP contribution in [0.3, 0.4) is 0 Å². The van der Waals surface area contributed by atoms with Crippen molar-refractivity contribution < 1.29 is 18.2 Å². The van der Waals surface area contributed by atoms with Crippen LogP contribution in [0, 0.1) is 0 Å². The molecule has 20 heavy (non-hydrogen) atoms. The summed E-state index contributed by atoms with van der Waals surface area (Å²) in [6, 6.07) is 17.2. The Hall–Kier alpha value is -2.30. The molecule has 0 aliphatic rings. The lowest BCUT2D eigenvalue weighted by atomic mass is 10.0. The van der Waals surface area contributed by atoms with E-state index >= 15 is 0 Å². The molecule has 0 aliphatic heterocycles. The van der Waals surface area contributed by atoms with Gasteiger partial charge >= 0.3 is 7.83 Å². The summed E-state index contributed by atoms with van der Waals surface area (Å²) in [6.07, 6.45) is 0. The number of ketones is 2. The van der Waals surface area contributed by atoms with E-state index in [-0.39, 0.29) is 7.43 Å². The molecular weight excluding hydrogens is 261 g/mol. The number of hydrogen-bond acceptors (Lipinski definition) is 2. The average Bonchev–Trinajstić information content (AvgIpc) is 2.48. The molecule has 0 fully saturated rings. The van der Waals surface area contributed by atoms with Gasteiger partial charge in [-0.25, -0.2) is 0 Å². The van der Waals surface area contributed by atoms with E-state index in [2.05, 4.69) is 0 Å². The molecule has 0 atom stereocenters. The van der Waals surface area contributed by atoms with Gasteiger partial charge in [0.2, 0.25) is 11.6 Å². The van der Waals surface area contributed by atoms with Crippen LogP contribution < -0.4 is 0 Å². The van der Waals surface area contributed by atoms with E-state index in [9.17, 15) is 18.2 Å². The van der Waals surface area contributed by atoms with Crippen LogP contribution in [-0.4, -0.2) is 19.4 Å². The molecule has 2 aromatic rings. The minimum Gasteiger partial charge on any atom is -0.291 e. The van der Waals surface area contributed by atoms with Crippen molar-refractivity contribution in [1.29, 1.82) is 0 Å². The van der Waals surface area contributed by atoms with Gasteiger partial charge in [0.05, 0.1) is 0 Å². The first kappa shape index (κ1) is 17.7. The van der Waals surface area contributed by atoms with Gasteiger partial charge in [-0.2, -0.15) is 0 Å². The second-order valence-corrected chi connectivity index (χ2v) is 3.49. The van der Waals surface area contributed by atoms with Gasteiger partial charge in [-0.15, -0.1) is 0 Å². The topological polar surface area (TPSA) is 34.1 Å². The van der Waals surface area contributed by atoms with Crippen LogP contribution in [0.5, 0.6) is 0 Å². The van der Waals surface area contributed by atoms with Gasteiger partial charge in [-0.3, -0.25) is 18.2 Å². The van der Waals surface area contributed by atoms with Crippen molar-refractivity contribution in [2.75, 3.05) is 0 Å². The van der Waals surface area contributed by atoms with Crippen LogP contribution in [0.1, 0.15) is 28.1 Å². The molecule has 2 nitrogen and oxygen atoms in total. The third-order valence-corrected chi connectivity index (χ3v) is 2.28. The number of rotatable bonds is 3. The molecule has 104 valence electrons. The normalized spacial score (nSPS) is 8.50. The van der Waals surface area contributed by atoms with Crippen molar-refractivity contribution in [3.05, 3.63) is 71.8 Å². The van der Waals surface area contributed by atoms with E-state index in [1.165, 1.54) is 0 Å². The van der Waals surface area contributed by atoms with Crippen molar-refractivity contribution in [3.8, 4) is 0 Å². The molecule has 0 saturated heterocycles. The van der Waals surface area contributed by atoms with Gasteiger partial charge in [0, 0.05) is 11.1 Å². The van der Waals surface area contributed by atoms with Crippen molar-refractivity contribution in [2.24, 2.45) is 0 Å². The van der Waals surface area contributed by atoms with Gasteiger partial charge in [-0.1, -0.05) is 68.1 Å². The monoisotopic (exact) mass is 276 g/mol. The highest BCUT2D eigenvalue weighted by molar-refractivity contribution is 6.49. The van der Waals surface area contributed by atoms with Crippen LogP contribution in [-0.2, 0) is 0 Å². The summed E-state index contributed by atoms with van der Waals surface area (Å²) in [7, 11) is -1.75. The summed E-state index contributed by atoms with van der Waals surface area (Å²) in [5.41, 5.74) is 0.854. The molecule has 0 spiro atoms. The molecule has 0 aliphatic carbocycles. The first-order valence-electron chi connectivity index (χ1n) is 5.51. The quantitative estimate of drug-likeness (QED) is 0.488. The van der Waals surface area contributed by atoms with Crippen LogP contribution in [0.4, 0.5) is 8.63 Å². The van der Waals surface area contributed by atoms with Gasteiger partial charge in [0.15, 0.2) is 0 Å². The molecule has 0 bridgehead atoms. The summed E-state index contributed by atoms with van der Waals surface area (Å²) in [6.45, 7) is 0. The lowest BCUT2D eigenvalue weighted by Gasteiger charge is -1.99. The summed E-state index contributed by atoms with van der Waals surface area (Å²) < 4.78 is 19.2. The molecule has 0 heterocycles. The molecule has 0 aromatic heterocycles. The molecule has 0 radical (unpaired) electrons. The Balaban J connectivity index is 0.000000830. The molecule has 2 aromatic carbocycles. The predicted molar refractivity (Wildman–Crippen MR) is 77.6 cm³/mol. The first-order chi connectivity index (χ1) is 9.20. The standard InChI is InChI=1S/C14H10O2.CH4.BF2H/c15-13(11-7-3-1-4-8-11)14(16)12-9-5-2-6-10-12;;2-1-3/h1-10H;1H4;1H. The third-order valence-electron chi connectivity index (χ3n) is 2.28. The highest BCUT2D eigenvalue weighted by Gasteiger charge is 2.16. The Morgan fingerprint density at radius 1 is 0.700 bits per heavy atom. The lowest BCUT2D eigenvalue weighted by molar-refractivity contribution is 0.0817. The van der Waals surface area contributed by atoms with Crippen LogP contribution in [0.25, 0.3) is 0 Å². The molecule has 0 amide bonds. The van der Waals surface area contributed by atoms with Gasteiger partial charge < -0.3 is 0 Å². The Morgan fingerprint density at radius 3 is 1.20 bits per heavy atom. The predicted octanol–water partition coefficient (Wildman–Crippen LogP) is 3.58. The maximum atomic E-state index is 11.8. The summed E-state index contributed by atoms with van der Waals surface area (Å²) in [5, 5.41) is 0. The van der Waals surface area contributed by atoms with Crippen LogP contribution in [0.15, 0.2) is 60.7 Å². The lowest BCUT2D eigenvalue weighted by Crippen LogP contribution is -2.14. The van der Waals surface area contributed by atoms with Crippen LogP contribution >= 0.6 is 0 Å². The maximum absolute atomic E-state index is 11.8. The molecule has 0 saturated carbocycles. The minimum atomic E-state index is -1.75. The highest BCUT2D eigenvalue weighted by Crippen LogP contribution is 2.07. The van der Waals surface area contributed by atoms with Crippen molar-refractivity contribution in [3.63, 3.8) is 0 Å². The zero-order valence-corrected chi connectivity index (χ0v) is 10.1. The fraction of sp³-hybridized carbons (Fsp3) is 0.0667. The Morgan fingerprint density at radius 2 is 0.950 bits per heavy atom. The SMILES string of the molecule is C.FBF.O=C(C(=O)c1ccccc1)c1ccccc1. The maximum Gasteiger partial charge on any atom is 0.521 e. The molecule has 5 heteroatoms. The smallest absolute Gasteiger partial charge is 0.291 e. The van der Waals surface area contributed by atoms with Gasteiger partial charge in [-0.05, 0) is 0 Å². The minimum absolute atomic E-state index is 0. The Bertz CT molecular complexity index is 481. The molecular formula is C15H15BF2O2. The second kappa shape index (κ2) is 9.61. The van der Waals surface area contributed by atoms with Crippen molar-refractivity contribution >= 4 is 19.4 Å². The summed E-state index contributed by atoms with van der Waals surface area (Å²) in [5.74, 6) is -0.932. The second-order valence-electron chi connectivity index (χ2n) is 3.49.